The molecule has 0 saturated heterocycles. The average molecular weight is 488 g/mol. The summed E-state index contributed by atoms with van der Waals surface area (Å²) in [6, 6.07) is 5.97. The summed E-state index contributed by atoms with van der Waals surface area (Å²) in [5.41, 5.74) is 0.473. The van der Waals surface area contributed by atoms with Crippen LogP contribution in [0.15, 0.2) is 34.0 Å². The number of carbonyl (C=O) groups excluding carboxylic acids is 2. The Morgan fingerprint density at radius 1 is 1.18 bits per heavy atom. The third-order valence-electron chi connectivity index (χ3n) is 6.04. The van der Waals surface area contributed by atoms with Crippen LogP contribution in [0.5, 0.6) is 0 Å². The molecule has 2 aliphatic rings. The number of rotatable bonds is 4. The first-order valence-corrected chi connectivity index (χ1v) is 12.9. The lowest BCUT2D eigenvalue weighted by molar-refractivity contribution is 0.0482. The van der Waals surface area contributed by atoms with Crippen LogP contribution >= 0.6 is 11.3 Å². The Labute approximate surface area is 193 Å². The van der Waals surface area contributed by atoms with Gasteiger partial charge in [-0.15, -0.1) is 11.3 Å². The summed E-state index contributed by atoms with van der Waals surface area (Å²) in [6.07, 6.45) is 3.66. The zero-order valence-corrected chi connectivity index (χ0v) is 19.5. The second-order valence-electron chi connectivity index (χ2n) is 8.05. The Kier molecular flexibility index (Phi) is 5.32. The number of hydrogen-bond acceptors (Lipinski definition) is 8. The normalized spacial score (nSPS) is 17.0. The number of carbonyl (C=O) groups is 2. The van der Waals surface area contributed by atoms with Gasteiger partial charge in [-0.25, -0.2) is 22.5 Å². The SMILES string of the molecule is Cc1c(C(=O)OCCN2C(=O)c3ccccc3S2(=O)=O)sc2nc3n(c(=O)c12)CCCCC3. The molecular weight excluding hydrogens is 466 g/mol. The van der Waals surface area contributed by atoms with Crippen molar-refractivity contribution in [2.45, 2.75) is 44.0 Å². The van der Waals surface area contributed by atoms with Crippen LogP contribution in [0.4, 0.5) is 0 Å². The van der Waals surface area contributed by atoms with Gasteiger partial charge in [0.2, 0.25) is 0 Å². The first kappa shape index (κ1) is 21.8. The molecule has 2 aromatic heterocycles. The lowest BCUT2D eigenvalue weighted by atomic mass is 10.2. The summed E-state index contributed by atoms with van der Waals surface area (Å²) < 4.78 is 33.0. The molecule has 172 valence electrons. The molecule has 0 spiro atoms. The smallest absolute Gasteiger partial charge is 0.348 e. The number of esters is 1. The first-order valence-electron chi connectivity index (χ1n) is 10.7. The van der Waals surface area contributed by atoms with Gasteiger partial charge in [0.1, 0.15) is 27.0 Å². The molecule has 3 aromatic rings. The number of hydrogen-bond donors (Lipinski definition) is 0. The molecular formula is C22H21N3O6S2. The summed E-state index contributed by atoms with van der Waals surface area (Å²) in [7, 11) is -3.96. The number of ether oxygens (including phenoxy) is 1. The summed E-state index contributed by atoms with van der Waals surface area (Å²) in [5.74, 6) is -0.571. The lowest BCUT2D eigenvalue weighted by Gasteiger charge is -2.14. The number of thiophene rings is 1. The van der Waals surface area contributed by atoms with Crippen molar-refractivity contribution >= 4 is 43.5 Å². The topological polar surface area (TPSA) is 116 Å². The van der Waals surface area contributed by atoms with Crippen LogP contribution in [0.3, 0.4) is 0 Å². The van der Waals surface area contributed by atoms with Crippen LogP contribution in [0, 0.1) is 6.92 Å². The van der Waals surface area contributed by atoms with Crippen molar-refractivity contribution in [3.63, 3.8) is 0 Å². The predicted octanol–water partition coefficient (Wildman–Crippen LogP) is 2.49. The van der Waals surface area contributed by atoms with E-state index in [2.05, 4.69) is 4.98 Å². The van der Waals surface area contributed by atoms with Crippen LogP contribution in [0.25, 0.3) is 10.2 Å². The van der Waals surface area contributed by atoms with E-state index in [0.29, 0.717) is 26.6 Å². The van der Waals surface area contributed by atoms with E-state index in [1.807, 2.05) is 0 Å². The fourth-order valence-electron chi connectivity index (χ4n) is 4.34. The summed E-state index contributed by atoms with van der Waals surface area (Å²) in [5, 5.41) is 0.422. The van der Waals surface area contributed by atoms with E-state index in [0.717, 1.165) is 42.8 Å². The maximum absolute atomic E-state index is 13.1. The quantitative estimate of drug-likeness (QED) is 0.519. The molecule has 0 unspecified atom stereocenters. The molecule has 0 fully saturated rings. The molecule has 0 bridgehead atoms. The van der Waals surface area contributed by atoms with Crippen LogP contribution in [0.2, 0.25) is 0 Å². The highest BCUT2D eigenvalue weighted by molar-refractivity contribution is 7.90. The van der Waals surface area contributed by atoms with E-state index in [4.69, 9.17) is 4.74 Å². The number of fused-ring (bicyclic) bond motifs is 3. The van der Waals surface area contributed by atoms with Crippen LogP contribution in [0.1, 0.15) is 50.7 Å². The highest BCUT2D eigenvalue weighted by Gasteiger charge is 2.40. The number of nitrogens with zero attached hydrogens (tertiary/aromatic N) is 3. The van der Waals surface area contributed by atoms with Gasteiger partial charge in [-0.1, -0.05) is 18.6 Å². The van der Waals surface area contributed by atoms with Gasteiger partial charge in [-0.3, -0.25) is 14.2 Å². The number of sulfonamides is 1. The second-order valence-corrected chi connectivity index (χ2v) is 10.9. The number of aryl methyl sites for hydroxylation is 2. The molecule has 9 nitrogen and oxygen atoms in total. The standard InChI is InChI=1S/C22H21N3O6S2/c1-13-17-19(23-16-9-3-2-6-10-24(16)21(17)27)32-18(13)22(28)31-12-11-25-20(26)14-7-4-5-8-15(14)33(25,29)30/h4-5,7-8H,2-3,6,9-12H2,1H3. The lowest BCUT2D eigenvalue weighted by Crippen LogP contribution is -2.33. The Balaban J connectivity index is 1.35. The Hall–Kier alpha value is -3.05. The van der Waals surface area contributed by atoms with Gasteiger partial charge in [0, 0.05) is 13.0 Å². The van der Waals surface area contributed by atoms with Crippen LogP contribution in [-0.2, 0) is 27.7 Å². The molecule has 0 N–H and O–H groups in total. The predicted molar refractivity (Wildman–Crippen MR) is 121 cm³/mol. The minimum atomic E-state index is -3.96. The van der Waals surface area contributed by atoms with Gasteiger partial charge in [-0.2, -0.15) is 0 Å². The van der Waals surface area contributed by atoms with Gasteiger partial charge in [-0.05, 0) is 37.5 Å². The van der Waals surface area contributed by atoms with E-state index in [9.17, 15) is 22.8 Å². The summed E-state index contributed by atoms with van der Waals surface area (Å²) in [6.45, 7) is 1.72. The molecule has 0 radical (unpaired) electrons. The fourth-order valence-corrected chi connectivity index (χ4v) is 6.98. The number of amides is 1. The highest BCUT2D eigenvalue weighted by atomic mass is 32.2. The van der Waals surface area contributed by atoms with Crippen molar-refractivity contribution in [1.29, 1.82) is 0 Å². The van der Waals surface area contributed by atoms with Crippen molar-refractivity contribution in [2.24, 2.45) is 0 Å². The Morgan fingerprint density at radius 2 is 1.97 bits per heavy atom. The Bertz CT molecular complexity index is 1470. The molecule has 2 aliphatic heterocycles. The van der Waals surface area contributed by atoms with Gasteiger partial charge in [0.05, 0.1) is 17.5 Å². The van der Waals surface area contributed by atoms with E-state index >= 15 is 0 Å². The largest absolute Gasteiger partial charge is 0.460 e. The molecule has 33 heavy (non-hydrogen) atoms. The van der Waals surface area contributed by atoms with E-state index in [1.165, 1.54) is 12.1 Å². The first-order chi connectivity index (χ1) is 15.8. The van der Waals surface area contributed by atoms with Crippen LogP contribution in [-0.4, -0.2) is 47.3 Å². The zero-order chi connectivity index (χ0) is 23.3. The molecule has 5 rings (SSSR count). The summed E-state index contributed by atoms with van der Waals surface area (Å²) in [4.78, 5) is 43.6. The highest BCUT2D eigenvalue weighted by Crippen LogP contribution is 2.31. The van der Waals surface area contributed by atoms with Gasteiger partial charge < -0.3 is 4.74 Å². The molecule has 0 aliphatic carbocycles. The minimum absolute atomic E-state index is 0.0482. The molecule has 4 heterocycles. The number of aromatic nitrogens is 2. The Morgan fingerprint density at radius 3 is 2.76 bits per heavy atom. The molecule has 0 atom stereocenters. The van der Waals surface area contributed by atoms with Crippen molar-refractivity contribution < 1.29 is 22.7 Å². The van der Waals surface area contributed by atoms with Crippen molar-refractivity contribution in [1.82, 2.24) is 13.9 Å². The second kappa shape index (κ2) is 8.07. The molecule has 1 aromatic carbocycles. The third-order valence-corrected chi connectivity index (χ3v) is 9.04. The van der Waals surface area contributed by atoms with Crippen molar-refractivity contribution in [3.05, 3.63) is 56.4 Å². The zero-order valence-electron chi connectivity index (χ0n) is 17.9. The average Bonchev–Trinajstić information content (AvgIpc) is 3.08. The fraction of sp³-hybridized carbons (Fsp3) is 0.364. The van der Waals surface area contributed by atoms with E-state index < -0.39 is 21.9 Å². The van der Waals surface area contributed by atoms with Crippen molar-refractivity contribution in [3.8, 4) is 0 Å². The van der Waals surface area contributed by atoms with Crippen LogP contribution < -0.4 is 5.56 Å². The summed E-state index contributed by atoms with van der Waals surface area (Å²) >= 11 is 1.10. The monoisotopic (exact) mass is 487 g/mol. The molecule has 1 amide bonds. The van der Waals surface area contributed by atoms with Crippen molar-refractivity contribution in [2.75, 3.05) is 13.2 Å². The maximum atomic E-state index is 13.1. The molecule has 11 heteroatoms. The van der Waals surface area contributed by atoms with Gasteiger partial charge in [0.15, 0.2) is 0 Å². The van der Waals surface area contributed by atoms with E-state index in [1.54, 1.807) is 23.6 Å². The van der Waals surface area contributed by atoms with Gasteiger partial charge >= 0.3 is 5.97 Å². The van der Waals surface area contributed by atoms with E-state index in [-0.39, 0.29) is 34.0 Å². The van der Waals surface area contributed by atoms with Gasteiger partial charge in [0.25, 0.3) is 21.5 Å². The third kappa shape index (κ3) is 3.46. The maximum Gasteiger partial charge on any atom is 0.348 e. The molecule has 0 saturated carbocycles. The minimum Gasteiger partial charge on any atom is -0.460 e. The number of benzene rings is 1.